The van der Waals surface area contributed by atoms with E-state index in [4.69, 9.17) is 9.47 Å². The van der Waals surface area contributed by atoms with Gasteiger partial charge >= 0.3 is 12.1 Å². The Balaban J connectivity index is 2.10. The maximum Gasteiger partial charge on any atom is 0.407 e. The van der Waals surface area contributed by atoms with E-state index >= 15 is 0 Å². The average molecular weight is 263 g/mol. The van der Waals surface area contributed by atoms with Crippen molar-refractivity contribution in [3.05, 3.63) is 35.9 Å². The maximum absolute atomic E-state index is 12.0. The molecule has 0 bridgehead atoms. The van der Waals surface area contributed by atoms with Crippen LogP contribution in [0, 0.1) is 5.92 Å². The highest BCUT2D eigenvalue weighted by atomic mass is 16.6. The van der Waals surface area contributed by atoms with Crippen molar-refractivity contribution >= 4 is 12.1 Å². The van der Waals surface area contributed by atoms with Crippen LogP contribution in [0.5, 0.6) is 0 Å². The molecule has 19 heavy (non-hydrogen) atoms. The summed E-state index contributed by atoms with van der Waals surface area (Å²) in [4.78, 5) is 23.1. The van der Waals surface area contributed by atoms with Crippen LogP contribution in [0.4, 0.5) is 4.79 Å². The van der Waals surface area contributed by atoms with Gasteiger partial charge in [0.2, 0.25) is 0 Å². The van der Waals surface area contributed by atoms with Gasteiger partial charge in [0.1, 0.15) is 6.61 Å². The van der Waals surface area contributed by atoms with Crippen molar-refractivity contribution in [2.24, 2.45) is 5.92 Å². The van der Waals surface area contributed by atoms with E-state index in [0.717, 1.165) is 5.56 Å². The average Bonchev–Trinajstić information content (AvgIpc) is 2.84. The summed E-state index contributed by atoms with van der Waals surface area (Å²) >= 11 is 0. The Bertz CT molecular complexity index is 446. The number of carbonyl (C=O) groups excluding carboxylic acids is 2. The molecule has 0 saturated carbocycles. The van der Waals surface area contributed by atoms with Gasteiger partial charge in [-0.2, -0.15) is 0 Å². The second-order valence-electron chi connectivity index (χ2n) is 4.40. The fourth-order valence-corrected chi connectivity index (χ4v) is 2.12. The predicted octanol–water partition coefficient (Wildman–Crippen LogP) is 1.52. The first-order valence-electron chi connectivity index (χ1n) is 6.34. The Labute approximate surface area is 111 Å². The highest BCUT2D eigenvalue weighted by Gasteiger charge is 2.35. The van der Waals surface area contributed by atoms with Crippen molar-refractivity contribution in [2.45, 2.75) is 19.4 Å². The van der Waals surface area contributed by atoms with Crippen LogP contribution in [-0.2, 0) is 20.7 Å². The molecule has 0 unspecified atom stereocenters. The molecule has 0 aliphatic carbocycles. The third kappa shape index (κ3) is 3.47. The molecule has 5 nitrogen and oxygen atoms in total. The Morgan fingerprint density at radius 3 is 2.79 bits per heavy atom. The summed E-state index contributed by atoms with van der Waals surface area (Å²) < 4.78 is 9.93. The maximum atomic E-state index is 12.0. The number of ether oxygens (including phenoxy) is 2. The van der Waals surface area contributed by atoms with Crippen LogP contribution < -0.4 is 5.32 Å². The Hall–Kier alpha value is -2.04. The fraction of sp³-hybridized carbons (Fsp3) is 0.429. The standard InChI is InChI=1S/C14H17NO4/c1-2-18-13(16)11(12-9-19-14(17)15-12)8-10-6-4-3-5-7-10/h3-7,11-12H,2,8-9H2,1H3,(H,15,17)/t11-,12-/m1/s1. The first-order valence-corrected chi connectivity index (χ1v) is 6.34. The molecular formula is C14H17NO4. The van der Waals surface area contributed by atoms with E-state index in [-0.39, 0.29) is 18.6 Å². The summed E-state index contributed by atoms with van der Waals surface area (Å²) in [5.74, 6) is -0.726. The van der Waals surface area contributed by atoms with Crippen molar-refractivity contribution in [2.75, 3.05) is 13.2 Å². The van der Waals surface area contributed by atoms with Crippen molar-refractivity contribution in [3.8, 4) is 0 Å². The van der Waals surface area contributed by atoms with E-state index in [1.165, 1.54) is 0 Å². The zero-order valence-corrected chi connectivity index (χ0v) is 10.8. The summed E-state index contributed by atoms with van der Waals surface area (Å²) in [7, 11) is 0. The number of hydrogen-bond acceptors (Lipinski definition) is 4. The van der Waals surface area contributed by atoms with E-state index in [1.54, 1.807) is 6.92 Å². The first kappa shape index (κ1) is 13.4. The van der Waals surface area contributed by atoms with E-state index in [9.17, 15) is 9.59 Å². The van der Waals surface area contributed by atoms with Crippen molar-refractivity contribution in [3.63, 3.8) is 0 Å². The van der Waals surface area contributed by atoms with Gasteiger partial charge in [-0.1, -0.05) is 30.3 Å². The van der Waals surface area contributed by atoms with Crippen LogP contribution in [0.25, 0.3) is 0 Å². The molecule has 0 aromatic heterocycles. The molecule has 1 fully saturated rings. The van der Waals surface area contributed by atoms with Gasteiger partial charge in [-0.3, -0.25) is 4.79 Å². The Morgan fingerprint density at radius 2 is 2.21 bits per heavy atom. The summed E-state index contributed by atoms with van der Waals surface area (Å²) in [6, 6.07) is 9.33. The summed E-state index contributed by atoms with van der Waals surface area (Å²) in [6.07, 6.45) is 0.0425. The van der Waals surface area contributed by atoms with Gasteiger partial charge in [-0.25, -0.2) is 4.79 Å². The molecule has 2 rings (SSSR count). The highest BCUT2D eigenvalue weighted by molar-refractivity contribution is 5.77. The van der Waals surface area contributed by atoms with E-state index in [0.29, 0.717) is 13.0 Å². The van der Waals surface area contributed by atoms with Crippen LogP contribution >= 0.6 is 0 Å². The minimum absolute atomic E-state index is 0.204. The molecule has 1 amide bonds. The lowest BCUT2D eigenvalue weighted by molar-refractivity contribution is -0.149. The SMILES string of the molecule is CCOC(=O)[C@H](Cc1ccccc1)[C@H]1COC(=O)N1. The number of carbonyl (C=O) groups is 2. The number of benzene rings is 1. The highest BCUT2D eigenvalue weighted by Crippen LogP contribution is 2.18. The molecule has 1 heterocycles. The number of esters is 1. The molecule has 0 spiro atoms. The largest absolute Gasteiger partial charge is 0.466 e. The van der Waals surface area contributed by atoms with Crippen LogP contribution in [0.2, 0.25) is 0 Å². The molecule has 1 N–H and O–H groups in total. The predicted molar refractivity (Wildman–Crippen MR) is 68.5 cm³/mol. The van der Waals surface area contributed by atoms with E-state index < -0.39 is 12.0 Å². The number of amides is 1. The van der Waals surface area contributed by atoms with Crippen molar-refractivity contribution in [1.29, 1.82) is 0 Å². The van der Waals surface area contributed by atoms with Crippen LogP contribution in [-0.4, -0.2) is 31.3 Å². The lowest BCUT2D eigenvalue weighted by Gasteiger charge is -2.20. The monoisotopic (exact) mass is 263 g/mol. The molecule has 1 saturated heterocycles. The topological polar surface area (TPSA) is 64.6 Å². The van der Waals surface area contributed by atoms with E-state index in [1.807, 2.05) is 30.3 Å². The lowest BCUT2D eigenvalue weighted by Crippen LogP contribution is -2.40. The molecule has 1 aliphatic heterocycles. The molecule has 1 aromatic rings. The van der Waals surface area contributed by atoms with Crippen molar-refractivity contribution < 1.29 is 19.1 Å². The lowest BCUT2D eigenvalue weighted by atomic mass is 9.93. The number of alkyl carbamates (subject to hydrolysis) is 1. The fourth-order valence-electron chi connectivity index (χ4n) is 2.12. The molecule has 2 atom stereocenters. The number of hydrogen-bond donors (Lipinski definition) is 1. The molecule has 0 radical (unpaired) electrons. The smallest absolute Gasteiger partial charge is 0.407 e. The van der Waals surface area contributed by atoms with E-state index in [2.05, 4.69) is 5.32 Å². The second kappa shape index (κ2) is 6.22. The van der Waals surface area contributed by atoms with Gasteiger partial charge in [0.25, 0.3) is 0 Å². The second-order valence-corrected chi connectivity index (χ2v) is 4.40. The summed E-state index contributed by atoms with van der Waals surface area (Å²) in [6.45, 7) is 2.29. The first-order chi connectivity index (χ1) is 9.20. The minimum atomic E-state index is -0.479. The van der Waals surface area contributed by atoms with Crippen LogP contribution in [0.1, 0.15) is 12.5 Å². The summed E-state index contributed by atoms with van der Waals surface area (Å²) in [5, 5.41) is 2.65. The molecule has 1 aliphatic rings. The van der Waals surface area contributed by atoms with Gasteiger partial charge in [0, 0.05) is 0 Å². The van der Waals surface area contributed by atoms with Gasteiger partial charge < -0.3 is 14.8 Å². The normalized spacial score (nSPS) is 19.4. The zero-order valence-electron chi connectivity index (χ0n) is 10.8. The quantitative estimate of drug-likeness (QED) is 0.818. The Kier molecular flexibility index (Phi) is 4.39. The zero-order chi connectivity index (χ0) is 13.7. The molecule has 1 aromatic carbocycles. The summed E-state index contributed by atoms with van der Waals surface area (Å²) in [5.41, 5.74) is 1.03. The number of rotatable bonds is 5. The van der Waals surface area contributed by atoms with Gasteiger partial charge in [-0.05, 0) is 18.9 Å². The van der Waals surface area contributed by atoms with Crippen LogP contribution in [0.15, 0.2) is 30.3 Å². The molecule has 5 heteroatoms. The van der Waals surface area contributed by atoms with Crippen LogP contribution in [0.3, 0.4) is 0 Å². The molecule has 102 valence electrons. The number of nitrogens with one attached hydrogen (secondary N) is 1. The number of cyclic esters (lactones) is 1. The van der Waals surface area contributed by atoms with Gasteiger partial charge in [0.15, 0.2) is 0 Å². The van der Waals surface area contributed by atoms with Gasteiger partial charge in [-0.15, -0.1) is 0 Å². The Morgan fingerprint density at radius 1 is 1.47 bits per heavy atom. The third-order valence-electron chi connectivity index (χ3n) is 3.07. The minimum Gasteiger partial charge on any atom is -0.466 e. The van der Waals surface area contributed by atoms with Gasteiger partial charge in [0.05, 0.1) is 18.6 Å². The molecular weight excluding hydrogens is 246 g/mol. The van der Waals surface area contributed by atoms with Crippen molar-refractivity contribution in [1.82, 2.24) is 5.32 Å². The third-order valence-corrected chi connectivity index (χ3v) is 3.07.